The van der Waals surface area contributed by atoms with Gasteiger partial charge in [-0.1, -0.05) is 30.9 Å². The molecule has 0 unspecified atom stereocenters. The van der Waals surface area contributed by atoms with Gasteiger partial charge in [0.1, 0.15) is 0 Å². The lowest BCUT2D eigenvalue weighted by atomic mass is 9.89. The van der Waals surface area contributed by atoms with Gasteiger partial charge in [-0.05, 0) is 44.3 Å². The van der Waals surface area contributed by atoms with Crippen molar-refractivity contribution in [2.24, 2.45) is 5.92 Å². The fourth-order valence-electron chi connectivity index (χ4n) is 1.80. The average Bonchev–Trinajstić information content (AvgIpc) is 2.21. The molecule has 13 heavy (non-hydrogen) atoms. The highest BCUT2D eigenvalue weighted by atomic mass is 14.9. The molecule has 0 atom stereocenters. The summed E-state index contributed by atoms with van der Waals surface area (Å²) in [6.45, 7) is 8.11. The van der Waals surface area contributed by atoms with Gasteiger partial charge in [-0.3, -0.25) is 0 Å². The fourth-order valence-corrected chi connectivity index (χ4v) is 1.80. The Morgan fingerprint density at radius 2 is 2.08 bits per heavy atom. The molecule has 0 radical (unpaired) electrons. The van der Waals surface area contributed by atoms with Crippen molar-refractivity contribution in [2.45, 2.75) is 19.8 Å². The zero-order valence-electron chi connectivity index (χ0n) is 8.42. The van der Waals surface area contributed by atoms with Crippen LogP contribution in [0.4, 0.5) is 0 Å². The molecule has 0 bridgehead atoms. The summed E-state index contributed by atoms with van der Waals surface area (Å²) in [6.07, 6.45) is 10.8. The summed E-state index contributed by atoms with van der Waals surface area (Å²) in [6, 6.07) is 0. The zero-order chi connectivity index (χ0) is 9.52. The highest BCUT2D eigenvalue weighted by Crippen LogP contribution is 2.22. The van der Waals surface area contributed by atoms with Gasteiger partial charge in [0, 0.05) is 0 Å². The first-order chi connectivity index (χ1) is 6.38. The molecular formula is C12H19N. The van der Waals surface area contributed by atoms with Gasteiger partial charge in [0.2, 0.25) is 0 Å². The second-order valence-electron chi connectivity index (χ2n) is 3.41. The lowest BCUT2D eigenvalue weighted by Gasteiger charge is -2.23. The van der Waals surface area contributed by atoms with E-state index in [0.717, 1.165) is 19.0 Å². The van der Waals surface area contributed by atoms with Crippen molar-refractivity contribution in [1.82, 2.24) is 5.32 Å². The van der Waals surface area contributed by atoms with Crippen LogP contribution in [0.5, 0.6) is 0 Å². The zero-order valence-corrected chi connectivity index (χ0v) is 8.42. The Balaban J connectivity index is 2.54. The van der Waals surface area contributed by atoms with E-state index in [1.807, 2.05) is 12.2 Å². The number of allylic oxidation sites excluding steroid dienone is 5. The molecule has 1 rings (SSSR count). The van der Waals surface area contributed by atoms with Crippen LogP contribution in [0.25, 0.3) is 0 Å². The maximum Gasteiger partial charge on any atom is -0.00431 e. The molecule has 0 aliphatic carbocycles. The van der Waals surface area contributed by atoms with Crippen LogP contribution in [0, 0.1) is 5.92 Å². The van der Waals surface area contributed by atoms with E-state index < -0.39 is 0 Å². The van der Waals surface area contributed by atoms with E-state index in [0.29, 0.717) is 0 Å². The summed E-state index contributed by atoms with van der Waals surface area (Å²) in [4.78, 5) is 0. The maximum absolute atomic E-state index is 3.69. The van der Waals surface area contributed by atoms with Gasteiger partial charge in [0.25, 0.3) is 0 Å². The number of hydrogen-bond donors (Lipinski definition) is 1. The second kappa shape index (κ2) is 5.76. The maximum atomic E-state index is 3.69. The molecule has 0 amide bonds. The van der Waals surface area contributed by atoms with Crippen LogP contribution in [0.2, 0.25) is 0 Å². The molecule has 0 aromatic carbocycles. The molecule has 0 aromatic rings. The molecule has 1 aliphatic rings. The summed E-state index contributed by atoms with van der Waals surface area (Å²) in [5, 5.41) is 3.38. The van der Waals surface area contributed by atoms with Crippen LogP contribution >= 0.6 is 0 Å². The molecule has 1 saturated heterocycles. The Bertz CT molecular complexity index is 207. The first kappa shape index (κ1) is 10.3. The third-order valence-corrected chi connectivity index (χ3v) is 2.57. The van der Waals surface area contributed by atoms with Crippen molar-refractivity contribution in [3.63, 3.8) is 0 Å². The SMILES string of the molecule is C=C/C=C\C(=C/C)C1CCNCC1. The molecule has 1 nitrogen and oxygen atoms in total. The van der Waals surface area contributed by atoms with E-state index in [-0.39, 0.29) is 0 Å². The van der Waals surface area contributed by atoms with E-state index in [1.54, 1.807) is 0 Å². The molecule has 0 spiro atoms. The van der Waals surface area contributed by atoms with Gasteiger partial charge in [0.05, 0.1) is 0 Å². The Hall–Kier alpha value is -0.820. The lowest BCUT2D eigenvalue weighted by molar-refractivity contribution is 0.425. The lowest BCUT2D eigenvalue weighted by Crippen LogP contribution is -2.28. The molecule has 1 N–H and O–H groups in total. The van der Waals surface area contributed by atoms with Crippen LogP contribution in [-0.4, -0.2) is 13.1 Å². The Labute approximate surface area is 81.2 Å². The van der Waals surface area contributed by atoms with E-state index in [1.165, 1.54) is 18.4 Å². The predicted molar refractivity (Wildman–Crippen MR) is 58.7 cm³/mol. The minimum Gasteiger partial charge on any atom is -0.317 e. The minimum absolute atomic E-state index is 0.752. The standard InChI is InChI=1S/C12H19N/c1-3-5-6-11(4-2)12-7-9-13-10-8-12/h3-6,12-13H,1,7-10H2,2H3/b6-5-,11-4+. The molecule has 0 saturated carbocycles. The molecule has 1 heteroatoms. The van der Waals surface area contributed by atoms with Gasteiger partial charge >= 0.3 is 0 Å². The largest absolute Gasteiger partial charge is 0.317 e. The fraction of sp³-hybridized carbons (Fsp3) is 0.500. The van der Waals surface area contributed by atoms with Gasteiger partial charge in [-0.25, -0.2) is 0 Å². The summed E-state index contributed by atoms with van der Waals surface area (Å²) in [7, 11) is 0. The van der Waals surface area contributed by atoms with Crippen molar-refractivity contribution in [1.29, 1.82) is 0 Å². The molecule has 0 aromatic heterocycles. The Morgan fingerprint density at radius 1 is 1.38 bits per heavy atom. The average molecular weight is 177 g/mol. The van der Waals surface area contributed by atoms with E-state index >= 15 is 0 Å². The summed E-state index contributed by atoms with van der Waals surface area (Å²) >= 11 is 0. The third kappa shape index (κ3) is 3.19. The molecule has 1 fully saturated rings. The third-order valence-electron chi connectivity index (χ3n) is 2.57. The van der Waals surface area contributed by atoms with Crippen molar-refractivity contribution in [3.05, 3.63) is 36.5 Å². The first-order valence-electron chi connectivity index (χ1n) is 5.04. The summed E-state index contributed by atoms with van der Waals surface area (Å²) < 4.78 is 0. The predicted octanol–water partition coefficient (Wildman–Crippen LogP) is 2.67. The van der Waals surface area contributed by atoms with Crippen LogP contribution in [0.1, 0.15) is 19.8 Å². The van der Waals surface area contributed by atoms with Crippen molar-refractivity contribution >= 4 is 0 Å². The van der Waals surface area contributed by atoms with Gasteiger partial charge in [-0.2, -0.15) is 0 Å². The highest BCUT2D eigenvalue weighted by molar-refractivity contribution is 5.24. The second-order valence-corrected chi connectivity index (χ2v) is 3.41. The van der Waals surface area contributed by atoms with Crippen LogP contribution in [0.15, 0.2) is 36.5 Å². The normalized spacial score (nSPS) is 20.8. The van der Waals surface area contributed by atoms with E-state index in [9.17, 15) is 0 Å². The highest BCUT2D eigenvalue weighted by Gasteiger charge is 2.14. The Morgan fingerprint density at radius 3 is 2.62 bits per heavy atom. The summed E-state index contributed by atoms with van der Waals surface area (Å²) in [5.41, 5.74) is 1.46. The van der Waals surface area contributed by atoms with Crippen LogP contribution in [-0.2, 0) is 0 Å². The molecule has 1 heterocycles. The number of rotatable bonds is 3. The summed E-state index contributed by atoms with van der Waals surface area (Å²) in [5.74, 6) is 0.752. The van der Waals surface area contributed by atoms with Crippen molar-refractivity contribution in [3.8, 4) is 0 Å². The monoisotopic (exact) mass is 177 g/mol. The van der Waals surface area contributed by atoms with Crippen LogP contribution in [0.3, 0.4) is 0 Å². The van der Waals surface area contributed by atoms with Gasteiger partial charge < -0.3 is 5.32 Å². The minimum atomic E-state index is 0.752. The Kier molecular flexibility index (Phi) is 4.55. The van der Waals surface area contributed by atoms with Gasteiger partial charge in [0.15, 0.2) is 0 Å². The molecule has 1 aliphatic heterocycles. The molecular weight excluding hydrogens is 158 g/mol. The quantitative estimate of drug-likeness (QED) is 0.653. The van der Waals surface area contributed by atoms with Crippen molar-refractivity contribution < 1.29 is 0 Å². The van der Waals surface area contributed by atoms with E-state index in [2.05, 4.69) is 31.0 Å². The van der Waals surface area contributed by atoms with Gasteiger partial charge in [-0.15, -0.1) is 0 Å². The number of nitrogens with one attached hydrogen (secondary N) is 1. The van der Waals surface area contributed by atoms with Crippen LogP contribution < -0.4 is 5.32 Å². The number of hydrogen-bond acceptors (Lipinski definition) is 1. The first-order valence-corrected chi connectivity index (χ1v) is 5.04. The molecule has 72 valence electrons. The smallest absolute Gasteiger partial charge is 0.00431 e. The van der Waals surface area contributed by atoms with E-state index in [4.69, 9.17) is 0 Å². The van der Waals surface area contributed by atoms with Crippen molar-refractivity contribution in [2.75, 3.05) is 13.1 Å². The number of piperidine rings is 1. The topological polar surface area (TPSA) is 12.0 Å².